The van der Waals surface area contributed by atoms with E-state index in [1.165, 1.54) is 13.8 Å². The monoisotopic (exact) mass is 209 g/mol. The fourth-order valence-corrected chi connectivity index (χ4v) is 1.73. The summed E-state index contributed by atoms with van der Waals surface area (Å²) in [6.45, 7) is 4.88. The molecule has 1 N–H and O–H groups in total. The van der Waals surface area contributed by atoms with Gasteiger partial charge in [0, 0.05) is 25.5 Å². The number of aromatic nitrogens is 2. The van der Waals surface area contributed by atoms with Gasteiger partial charge in [-0.2, -0.15) is 0 Å². The molecule has 0 unspecified atom stereocenters. The van der Waals surface area contributed by atoms with Gasteiger partial charge in [0.05, 0.1) is 6.54 Å². The largest absolute Gasteiger partial charge is 0.381 e. The first kappa shape index (κ1) is 10.2. The van der Waals surface area contributed by atoms with Gasteiger partial charge in [0.2, 0.25) is 0 Å². The number of carbonyl (C=O) groups excluding carboxylic acids is 1. The fraction of sp³-hybridized carbons (Fsp3) is 0.600. The highest BCUT2D eigenvalue weighted by Gasteiger charge is 2.31. The topological polar surface area (TPSA) is 58.4 Å². The summed E-state index contributed by atoms with van der Waals surface area (Å²) in [4.78, 5) is 17.6. The minimum absolute atomic E-state index is 0.239. The number of fused-ring (bicyclic) bond motifs is 1. The van der Waals surface area contributed by atoms with Gasteiger partial charge in [-0.25, -0.2) is 4.98 Å². The van der Waals surface area contributed by atoms with Crippen LogP contribution >= 0.6 is 0 Å². The zero-order valence-corrected chi connectivity index (χ0v) is 8.97. The summed E-state index contributed by atoms with van der Waals surface area (Å²) in [6, 6.07) is 0. The molecule has 0 aromatic carbocycles. The zero-order chi connectivity index (χ0) is 11.1. The second-order valence-electron chi connectivity index (χ2n) is 4.32. The minimum Gasteiger partial charge on any atom is -0.381 e. The van der Waals surface area contributed by atoms with Gasteiger partial charge in [0.1, 0.15) is 11.4 Å². The maximum Gasteiger partial charge on any atom is 0.254 e. The van der Waals surface area contributed by atoms with Gasteiger partial charge in [-0.1, -0.05) is 0 Å². The number of carbonyl (C=O) groups is 1. The first-order valence-corrected chi connectivity index (χ1v) is 5.00. The van der Waals surface area contributed by atoms with Gasteiger partial charge in [0.15, 0.2) is 0 Å². The normalized spacial score (nSPS) is 16.3. The summed E-state index contributed by atoms with van der Waals surface area (Å²) in [6.07, 6.45) is 3.63. The summed E-state index contributed by atoms with van der Waals surface area (Å²) in [5.74, 6) is 0.635. The smallest absolute Gasteiger partial charge is 0.254 e. The van der Waals surface area contributed by atoms with E-state index in [4.69, 9.17) is 0 Å². The minimum atomic E-state index is -1.30. The third-order valence-corrected chi connectivity index (χ3v) is 2.56. The van der Waals surface area contributed by atoms with Crippen molar-refractivity contribution in [3.8, 4) is 0 Å². The van der Waals surface area contributed by atoms with E-state index in [9.17, 15) is 9.90 Å². The number of rotatable bonds is 1. The predicted molar refractivity (Wildman–Crippen MR) is 53.9 cm³/mol. The quantitative estimate of drug-likeness (QED) is 0.708. The number of hydrogen-bond acceptors (Lipinski definition) is 3. The summed E-state index contributed by atoms with van der Waals surface area (Å²) in [5.41, 5.74) is -1.30. The van der Waals surface area contributed by atoms with Crippen LogP contribution in [0.2, 0.25) is 0 Å². The van der Waals surface area contributed by atoms with Crippen molar-refractivity contribution in [2.24, 2.45) is 0 Å². The van der Waals surface area contributed by atoms with E-state index in [0.29, 0.717) is 13.1 Å². The lowest BCUT2D eigenvalue weighted by atomic mass is 10.1. The lowest BCUT2D eigenvalue weighted by molar-refractivity contribution is -0.149. The lowest BCUT2D eigenvalue weighted by Crippen LogP contribution is -2.48. The number of hydrogen-bond donors (Lipinski definition) is 1. The van der Waals surface area contributed by atoms with Crippen molar-refractivity contribution >= 4 is 5.91 Å². The highest BCUT2D eigenvalue weighted by Crippen LogP contribution is 2.15. The molecular weight excluding hydrogens is 194 g/mol. The van der Waals surface area contributed by atoms with Crippen molar-refractivity contribution in [1.29, 1.82) is 0 Å². The molecule has 2 rings (SSSR count). The van der Waals surface area contributed by atoms with E-state index in [1.54, 1.807) is 11.1 Å². The van der Waals surface area contributed by atoms with Crippen molar-refractivity contribution in [2.75, 3.05) is 6.54 Å². The molecule has 1 aliphatic heterocycles. The van der Waals surface area contributed by atoms with Crippen molar-refractivity contribution in [3.63, 3.8) is 0 Å². The van der Waals surface area contributed by atoms with Crippen molar-refractivity contribution in [1.82, 2.24) is 14.5 Å². The van der Waals surface area contributed by atoms with Crippen LogP contribution in [0.15, 0.2) is 12.4 Å². The Hall–Kier alpha value is -1.36. The second-order valence-corrected chi connectivity index (χ2v) is 4.32. The van der Waals surface area contributed by atoms with Crippen LogP contribution in [-0.4, -0.2) is 37.6 Å². The molecule has 0 aliphatic carbocycles. The van der Waals surface area contributed by atoms with E-state index in [0.717, 1.165) is 12.4 Å². The molecule has 0 radical (unpaired) electrons. The highest BCUT2D eigenvalue weighted by atomic mass is 16.3. The summed E-state index contributed by atoms with van der Waals surface area (Å²) in [5, 5.41) is 9.62. The Morgan fingerprint density at radius 3 is 2.93 bits per heavy atom. The maximum absolute atomic E-state index is 11.8. The van der Waals surface area contributed by atoms with Crippen LogP contribution in [0.5, 0.6) is 0 Å². The highest BCUT2D eigenvalue weighted by molar-refractivity contribution is 5.84. The Kier molecular flexibility index (Phi) is 2.26. The van der Waals surface area contributed by atoms with E-state index < -0.39 is 5.60 Å². The summed E-state index contributed by atoms with van der Waals surface area (Å²) in [7, 11) is 0. The Morgan fingerprint density at radius 1 is 1.53 bits per heavy atom. The number of aliphatic hydroxyl groups is 1. The van der Waals surface area contributed by atoms with E-state index in [1.807, 2.05) is 10.8 Å². The number of nitrogens with zero attached hydrogens (tertiary/aromatic N) is 3. The number of amides is 1. The SMILES string of the molecule is CC(C)(O)C(=O)N1CCn2ccnc2C1. The molecule has 2 heterocycles. The first-order valence-electron chi connectivity index (χ1n) is 5.00. The molecule has 5 heteroatoms. The second kappa shape index (κ2) is 3.34. The average Bonchev–Trinajstić information content (AvgIpc) is 2.61. The van der Waals surface area contributed by atoms with Gasteiger partial charge in [-0.3, -0.25) is 4.79 Å². The molecule has 0 saturated carbocycles. The molecule has 1 aliphatic rings. The molecule has 1 aromatic heterocycles. The maximum atomic E-state index is 11.8. The Balaban J connectivity index is 2.14. The van der Waals surface area contributed by atoms with Crippen molar-refractivity contribution < 1.29 is 9.90 Å². The van der Waals surface area contributed by atoms with Crippen molar-refractivity contribution in [3.05, 3.63) is 18.2 Å². The molecule has 1 amide bonds. The summed E-state index contributed by atoms with van der Waals surface area (Å²) >= 11 is 0. The van der Waals surface area contributed by atoms with Crippen LogP contribution < -0.4 is 0 Å². The molecule has 5 nitrogen and oxygen atoms in total. The molecule has 0 saturated heterocycles. The van der Waals surface area contributed by atoms with Gasteiger partial charge < -0.3 is 14.6 Å². The van der Waals surface area contributed by atoms with Gasteiger partial charge in [-0.15, -0.1) is 0 Å². The van der Waals surface area contributed by atoms with E-state index in [-0.39, 0.29) is 5.91 Å². The van der Waals surface area contributed by atoms with Crippen molar-refractivity contribution in [2.45, 2.75) is 32.5 Å². The van der Waals surface area contributed by atoms with Crippen LogP contribution in [0, 0.1) is 0 Å². The third-order valence-electron chi connectivity index (χ3n) is 2.56. The van der Waals surface area contributed by atoms with Crippen LogP contribution in [0.25, 0.3) is 0 Å². The summed E-state index contributed by atoms with van der Waals surface area (Å²) < 4.78 is 2.02. The number of imidazole rings is 1. The van der Waals surface area contributed by atoms with Crippen LogP contribution in [0.1, 0.15) is 19.7 Å². The van der Waals surface area contributed by atoms with Crippen LogP contribution in [-0.2, 0) is 17.9 Å². The Labute approximate surface area is 88.3 Å². The molecule has 1 aromatic rings. The van der Waals surface area contributed by atoms with Gasteiger partial charge in [0.25, 0.3) is 5.91 Å². The Bertz CT molecular complexity index is 378. The molecule has 0 fully saturated rings. The Morgan fingerprint density at radius 2 is 2.27 bits per heavy atom. The molecule has 0 spiro atoms. The molecule has 15 heavy (non-hydrogen) atoms. The van der Waals surface area contributed by atoms with Gasteiger partial charge in [-0.05, 0) is 13.8 Å². The standard InChI is InChI=1S/C10H15N3O2/c1-10(2,15)9(14)13-6-5-12-4-3-11-8(12)7-13/h3-4,15H,5-7H2,1-2H3. The van der Waals surface area contributed by atoms with Crippen LogP contribution in [0.4, 0.5) is 0 Å². The molecule has 82 valence electrons. The molecule has 0 bridgehead atoms. The fourth-order valence-electron chi connectivity index (χ4n) is 1.73. The van der Waals surface area contributed by atoms with Crippen LogP contribution in [0.3, 0.4) is 0 Å². The van der Waals surface area contributed by atoms with E-state index in [2.05, 4.69) is 4.98 Å². The first-order chi connectivity index (χ1) is 6.98. The molecular formula is C10H15N3O2. The lowest BCUT2D eigenvalue weighted by Gasteiger charge is -2.31. The molecule has 0 atom stereocenters. The third kappa shape index (κ3) is 1.87. The van der Waals surface area contributed by atoms with Gasteiger partial charge >= 0.3 is 0 Å². The zero-order valence-electron chi connectivity index (χ0n) is 8.97. The van der Waals surface area contributed by atoms with E-state index >= 15 is 0 Å². The average molecular weight is 209 g/mol. The predicted octanol–water partition coefficient (Wildman–Crippen LogP) is -0.00380.